The fourth-order valence-electron chi connectivity index (χ4n) is 13.4. The van der Waals surface area contributed by atoms with Gasteiger partial charge in [0.15, 0.2) is 30.6 Å². The maximum absolute atomic E-state index is 14.8. The maximum atomic E-state index is 14.8. The Morgan fingerprint density at radius 2 is 1.28 bits per heavy atom. The number of carboxylic acids is 3. The summed E-state index contributed by atoms with van der Waals surface area (Å²) in [4.78, 5) is 51.3. The van der Waals surface area contributed by atoms with E-state index in [-0.39, 0.29) is 34.4 Å². The third-order valence-corrected chi connectivity index (χ3v) is 17.2. The van der Waals surface area contributed by atoms with Crippen LogP contribution >= 0.6 is 0 Å². The molecule has 58 heavy (non-hydrogen) atoms. The summed E-state index contributed by atoms with van der Waals surface area (Å²) in [6.45, 7) is 14.8. The predicted octanol–water partition coefficient (Wildman–Crippen LogP) is 2.25. The van der Waals surface area contributed by atoms with Crippen LogP contribution in [0.15, 0.2) is 11.6 Å². The molecule has 2 heterocycles. The minimum atomic E-state index is -2.05. The minimum Gasteiger partial charge on any atom is -0.481 e. The number of rotatable bonds is 7. The predicted molar refractivity (Wildman–Crippen MR) is 199 cm³/mol. The van der Waals surface area contributed by atoms with Crippen molar-refractivity contribution in [1.82, 2.24) is 0 Å². The van der Waals surface area contributed by atoms with Crippen LogP contribution in [-0.4, -0.2) is 132 Å². The first-order valence-corrected chi connectivity index (χ1v) is 20.7. The van der Waals surface area contributed by atoms with E-state index in [0.717, 1.165) is 37.7 Å². The average Bonchev–Trinajstić information content (AvgIpc) is 3.13. The standard InChI is InChI=1S/C42H62O16/c1-37(2)21-8-11-42(7)31(20(43)16-18-19-17-39(4,36(53)54)13-12-38(19,3)14-15-41(18,42)6)40(21,5)10-9-22(37)55-35-30(26(47)25(46)29(57-35)33(51)52)58-34-27(48)23(44)24(45)28(56-34)32(49)50/h16,19,21-31,34-35,44-48H,8-15,17H2,1-7H3,(H,49,50)(H,51,52)(H,53,54)/t19-,21-,22-,23?,24?,25?,26?,27?,28-,29-,30+,31+,34-,35-,38?,39?,40?,41?,42?/m0/s1. The summed E-state index contributed by atoms with van der Waals surface area (Å²) in [5.41, 5.74) is -1.81. The van der Waals surface area contributed by atoms with E-state index in [0.29, 0.717) is 25.7 Å². The molecule has 6 fully saturated rings. The first-order chi connectivity index (χ1) is 26.8. The molecule has 0 aromatic heterocycles. The number of carbonyl (C=O) groups is 4. The molecule has 5 aliphatic carbocycles. The Bertz CT molecular complexity index is 1730. The van der Waals surface area contributed by atoms with Gasteiger partial charge in [-0.15, -0.1) is 0 Å². The average molecular weight is 823 g/mol. The van der Waals surface area contributed by atoms with Crippen molar-refractivity contribution in [3.63, 3.8) is 0 Å². The number of aliphatic carboxylic acids is 3. The zero-order chi connectivity index (χ0) is 42.9. The van der Waals surface area contributed by atoms with Gasteiger partial charge in [0, 0.05) is 5.92 Å². The Balaban J connectivity index is 1.17. The molecule has 2 aliphatic heterocycles. The van der Waals surface area contributed by atoms with Gasteiger partial charge in [0.05, 0.1) is 11.5 Å². The number of carbonyl (C=O) groups excluding carboxylic acids is 1. The number of allylic oxidation sites excluding steroid dienone is 2. The topological polar surface area (TPSA) is 267 Å². The van der Waals surface area contributed by atoms with Gasteiger partial charge in [-0.05, 0) is 110 Å². The van der Waals surface area contributed by atoms with Gasteiger partial charge in [0.1, 0.15) is 36.6 Å². The molecule has 0 amide bonds. The SMILES string of the molecule is CC1(C(=O)O)CCC2(C)CCC3(C)C(=CC(=O)[C@@H]4C5(C)CC[C@H](O[C@H]6O[C@H](C(=O)O)C(O)C(O)[C@H]6O[C@@H]6O[C@H](C(=O)O)C(O)C(O)C6O)C(C)(C)[C@@H]5CCC43C)[C@@H]2C1. The van der Waals surface area contributed by atoms with Crippen LogP contribution in [-0.2, 0) is 38.1 Å². The summed E-state index contributed by atoms with van der Waals surface area (Å²) in [7, 11) is 0. The Morgan fingerprint density at radius 1 is 0.690 bits per heavy atom. The lowest BCUT2D eigenvalue weighted by Crippen LogP contribution is -2.68. The second kappa shape index (κ2) is 14.3. The largest absolute Gasteiger partial charge is 0.481 e. The smallest absolute Gasteiger partial charge is 0.335 e. The highest BCUT2D eigenvalue weighted by Gasteiger charge is 2.71. The van der Waals surface area contributed by atoms with Crippen LogP contribution in [0.1, 0.15) is 106 Å². The van der Waals surface area contributed by atoms with E-state index in [1.807, 2.05) is 26.8 Å². The first kappa shape index (κ1) is 43.5. The van der Waals surface area contributed by atoms with Gasteiger partial charge in [0.25, 0.3) is 0 Å². The van der Waals surface area contributed by atoms with Gasteiger partial charge >= 0.3 is 17.9 Å². The summed E-state index contributed by atoms with van der Waals surface area (Å²) >= 11 is 0. The van der Waals surface area contributed by atoms with Crippen LogP contribution in [0.4, 0.5) is 0 Å². The zero-order valence-corrected chi connectivity index (χ0v) is 34.4. The molecule has 7 aliphatic rings. The molecule has 0 aromatic carbocycles. The van der Waals surface area contributed by atoms with Gasteiger partial charge in [-0.2, -0.15) is 0 Å². The Morgan fingerprint density at radius 3 is 1.88 bits per heavy atom. The summed E-state index contributed by atoms with van der Waals surface area (Å²) in [6, 6.07) is 0. The quantitative estimate of drug-likeness (QED) is 0.171. The van der Waals surface area contributed by atoms with E-state index < -0.39 is 107 Å². The fourth-order valence-corrected chi connectivity index (χ4v) is 13.4. The van der Waals surface area contributed by atoms with Crippen molar-refractivity contribution in [1.29, 1.82) is 0 Å². The zero-order valence-electron chi connectivity index (χ0n) is 34.4. The number of aliphatic hydroxyl groups is 5. The Labute approximate surface area is 337 Å². The monoisotopic (exact) mass is 822 g/mol. The summed E-state index contributed by atoms with van der Waals surface area (Å²) in [6.07, 6.45) is -12.2. The van der Waals surface area contributed by atoms with E-state index in [1.54, 1.807) is 0 Å². The molecule has 19 atom stereocenters. The molecular weight excluding hydrogens is 760 g/mol. The minimum absolute atomic E-state index is 0.0217. The number of fused-ring (bicyclic) bond motifs is 7. The van der Waals surface area contributed by atoms with Crippen molar-refractivity contribution < 1.29 is 79.0 Å². The fraction of sp³-hybridized carbons (Fsp3) is 0.857. The molecule has 10 unspecified atom stereocenters. The molecule has 7 rings (SSSR count). The third-order valence-electron chi connectivity index (χ3n) is 17.2. The van der Waals surface area contributed by atoms with Gasteiger partial charge in [-0.25, -0.2) is 9.59 Å². The summed E-state index contributed by atoms with van der Waals surface area (Å²) in [5, 5.41) is 83.0. The molecule has 16 heteroatoms. The molecular formula is C42H62O16. The highest BCUT2D eigenvalue weighted by atomic mass is 16.8. The molecule has 4 saturated carbocycles. The Kier molecular flexibility index (Phi) is 10.7. The number of ether oxygens (including phenoxy) is 4. The molecule has 0 spiro atoms. The summed E-state index contributed by atoms with van der Waals surface area (Å²) in [5.74, 6) is -4.47. The van der Waals surface area contributed by atoms with Crippen LogP contribution in [0.25, 0.3) is 0 Å². The van der Waals surface area contributed by atoms with Crippen LogP contribution in [0.2, 0.25) is 0 Å². The van der Waals surface area contributed by atoms with E-state index >= 15 is 0 Å². The van der Waals surface area contributed by atoms with Gasteiger partial charge < -0.3 is 59.8 Å². The van der Waals surface area contributed by atoms with E-state index in [2.05, 4.69) is 27.7 Å². The van der Waals surface area contributed by atoms with Crippen LogP contribution in [0, 0.1) is 50.2 Å². The number of ketones is 1. The molecule has 0 bridgehead atoms. The van der Waals surface area contributed by atoms with Crippen LogP contribution in [0.5, 0.6) is 0 Å². The normalized spacial score (nSPS) is 52.6. The molecule has 16 nitrogen and oxygen atoms in total. The molecule has 326 valence electrons. The van der Waals surface area contributed by atoms with Crippen LogP contribution < -0.4 is 0 Å². The molecule has 0 radical (unpaired) electrons. The van der Waals surface area contributed by atoms with Crippen molar-refractivity contribution in [2.45, 2.75) is 174 Å². The Hall–Kier alpha value is -2.54. The highest BCUT2D eigenvalue weighted by Crippen LogP contribution is 2.75. The van der Waals surface area contributed by atoms with Gasteiger partial charge in [-0.3, -0.25) is 9.59 Å². The molecule has 0 aromatic rings. The van der Waals surface area contributed by atoms with Crippen molar-refractivity contribution in [2.24, 2.45) is 50.2 Å². The number of aliphatic hydroxyl groups excluding tert-OH is 5. The van der Waals surface area contributed by atoms with Crippen molar-refractivity contribution in [3.8, 4) is 0 Å². The van der Waals surface area contributed by atoms with E-state index in [9.17, 15) is 60.0 Å². The van der Waals surface area contributed by atoms with E-state index in [1.165, 1.54) is 0 Å². The maximum Gasteiger partial charge on any atom is 0.335 e. The lowest BCUT2D eigenvalue weighted by Gasteiger charge is -2.70. The highest BCUT2D eigenvalue weighted by molar-refractivity contribution is 5.95. The molecule has 2 saturated heterocycles. The number of hydrogen-bond acceptors (Lipinski definition) is 13. The second-order valence-corrected chi connectivity index (χ2v) is 20.6. The number of hydrogen-bond donors (Lipinski definition) is 8. The summed E-state index contributed by atoms with van der Waals surface area (Å²) < 4.78 is 23.4. The number of carboxylic acid groups (broad SMARTS) is 3. The van der Waals surface area contributed by atoms with Crippen molar-refractivity contribution >= 4 is 23.7 Å². The van der Waals surface area contributed by atoms with Crippen molar-refractivity contribution in [2.75, 3.05) is 0 Å². The second-order valence-electron chi connectivity index (χ2n) is 20.6. The molecule has 8 N–H and O–H groups in total. The van der Waals surface area contributed by atoms with Gasteiger partial charge in [-0.1, -0.05) is 47.1 Å². The first-order valence-electron chi connectivity index (χ1n) is 20.7. The lowest BCUT2D eigenvalue weighted by molar-refractivity contribution is -0.371. The van der Waals surface area contributed by atoms with E-state index in [4.69, 9.17) is 18.9 Å². The lowest BCUT2D eigenvalue weighted by atomic mass is 9.33. The third kappa shape index (κ3) is 6.25. The van der Waals surface area contributed by atoms with Crippen LogP contribution in [0.3, 0.4) is 0 Å². The van der Waals surface area contributed by atoms with Gasteiger partial charge in [0.2, 0.25) is 0 Å². The van der Waals surface area contributed by atoms with Crippen molar-refractivity contribution in [3.05, 3.63) is 11.6 Å².